The van der Waals surface area contributed by atoms with Crippen molar-refractivity contribution in [2.45, 2.75) is 110 Å². The molecule has 0 aliphatic heterocycles. The van der Waals surface area contributed by atoms with Gasteiger partial charge in [-0.05, 0) is 47.7 Å². The first-order valence-electron chi connectivity index (χ1n) is 17.8. The van der Waals surface area contributed by atoms with Crippen molar-refractivity contribution in [2.24, 2.45) is 11.8 Å². The van der Waals surface area contributed by atoms with Gasteiger partial charge in [0.2, 0.25) is 29.9 Å². The number of hydrogen-bond donors (Lipinski definition) is 3. The number of hydrogen-bond acceptors (Lipinski definition) is 13. The molecule has 1 aromatic heterocycles. The largest absolute Gasteiger partial charge is 0.543 e. The topological polar surface area (TPSA) is 160 Å². The summed E-state index contributed by atoms with van der Waals surface area (Å²) in [6, 6.07) is 0. The minimum Gasteiger partial charge on any atom is -0.543 e. The number of ether oxygens (including phenoxy) is 3. The maximum Gasteiger partial charge on any atom is 0.407 e. The Labute approximate surface area is 328 Å². The van der Waals surface area contributed by atoms with Gasteiger partial charge < -0.3 is 38.2 Å². The molecule has 2 rings (SSSR count). The molecular formula is C36H60N4O9S2Si2. The molecule has 1 aromatic carbocycles. The lowest BCUT2D eigenvalue weighted by Crippen LogP contribution is -2.38. The number of thioether (sulfide) groups is 1. The van der Waals surface area contributed by atoms with Crippen LogP contribution in [0.1, 0.15) is 106 Å². The van der Waals surface area contributed by atoms with Crippen LogP contribution in [0, 0.1) is 18.8 Å². The molecule has 0 saturated carbocycles. The molecule has 2 aromatic rings. The van der Waals surface area contributed by atoms with Crippen LogP contribution in [0.2, 0.25) is 23.2 Å². The van der Waals surface area contributed by atoms with Crippen LogP contribution in [0.15, 0.2) is 17.2 Å². The molecule has 0 fully saturated rings. The fourth-order valence-corrected chi connectivity index (χ4v) is 9.72. The Bertz CT molecular complexity index is 1590. The zero-order valence-corrected chi connectivity index (χ0v) is 37.8. The molecule has 4 unspecified atom stereocenters. The molecule has 13 nitrogen and oxygen atoms in total. The Hall–Kier alpha value is -3.16. The molecule has 17 heteroatoms. The van der Waals surface area contributed by atoms with Crippen molar-refractivity contribution >= 4 is 60.4 Å². The summed E-state index contributed by atoms with van der Waals surface area (Å²) < 4.78 is 35.8. The summed E-state index contributed by atoms with van der Waals surface area (Å²) in [6.45, 7) is 28.9. The first kappa shape index (κ1) is 46.0. The van der Waals surface area contributed by atoms with Crippen molar-refractivity contribution in [3.05, 3.63) is 41.1 Å². The van der Waals surface area contributed by atoms with E-state index in [2.05, 4.69) is 108 Å². The highest BCUT2D eigenvalue weighted by Crippen LogP contribution is 2.53. The van der Waals surface area contributed by atoms with Gasteiger partial charge in [-0.15, -0.1) is 11.8 Å². The van der Waals surface area contributed by atoms with Gasteiger partial charge in [0.1, 0.15) is 12.0 Å². The van der Waals surface area contributed by atoms with E-state index in [-0.39, 0.29) is 46.4 Å². The summed E-state index contributed by atoms with van der Waals surface area (Å²) >= 11 is 5.93. The normalized spacial score (nSPS) is 14.2. The van der Waals surface area contributed by atoms with Gasteiger partial charge in [-0.2, -0.15) is 17.6 Å². The van der Waals surface area contributed by atoms with Gasteiger partial charge in [0.15, 0.2) is 28.3 Å². The van der Waals surface area contributed by atoms with Gasteiger partial charge in [-0.3, -0.25) is 4.79 Å². The number of rotatable bonds is 20. The highest BCUT2D eigenvalue weighted by Gasteiger charge is 2.41. The minimum atomic E-state index is -2.14. The van der Waals surface area contributed by atoms with E-state index in [1.807, 2.05) is 6.92 Å². The van der Waals surface area contributed by atoms with Crippen molar-refractivity contribution in [1.82, 2.24) is 20.8 Å². The molecule has 53 heavy (non-hydrogen) atoms. The van der Waals surface area contributed by atoms with Crippen LogP contribution < -0.4 is 24.2 Å². The van der Waals surface area contributed by atoms with Crippen molar-refractivity contribution < 1.29 is 42.0 Å². The second-order valence-electron chi connectivity index (χ2n) is 14.6. The van der Waals surface area contributed by atoms with Crippen molar-refractivity contribution in [3.8, 4) is 17.2 Å². The Morgan fingerprint density at radius 1 is 1.00 bits per heavy atom. The fraction of sp³-hybridized carbons (Fsp3) is 0.639. The first-order valence-corrected chi connectivity index (χ1v) is 23.8. The molecule has 0 aliphatic rings. The molecule has 2 amide bonds. The average molecular weight is 813 g/mol. The molecule has 0 radical (unpaired) electrons. The van der Waals surface area contributed by atoms with E-state index in [0.717, 1.165) is 0 Å². The lowest BCUT2D eigenvalue weighted by atomic mass is 9.98. The van der Waals surface area contributed by atoms with Crippen molar-refractivity contribution in [2.75, 3.05) is 26.6 Å². The predicted octanol–water partition coefficient (Wildman–Crippen LogP) is 7.46. The monoisotopic (exact) mass is 812 g/mol. The molecule has 298 valence electrons. The third-order valence-electron chi connectivity index (χ3n) is 10.5. The maximum absolute atomic E-state index is 14.0. The number of nitrogens with zero attached hydrogens (tertiary/aromatic N) is 2. The Balaban J connectivity index is 2.82. The number of alkyl carbamates (subject to hydrolysis) is 1. The van der Waals surface area contributed by atoms with E-state index in [0.29, 0.717) is 40.0 Å². The van der Waals surface area contributed by atoms with E-state index in [9.17, 15) is 14.4 Å². The molecular weight excluding hydrogens is 753 g/mol. The summed E-state index contributed by atoms with van der Waals surface area (Å²) in [5, 5.41) is 7.09. The molecule has 2 N–H and O–H groups in total. The van der Waals surface area contributed by atoms with Crippen molar-refractivity contribution in [3.63, 3.8) is 0 Å². The highest BCUT2D eigenvalue weighted by molar-refractivity contribution is 7.99. The summed E-state index contributed by atoms with van der Waals surface area (Å²) in [7, 11) is -1.32. The summed E-state index contributed by atoms with van der Waals surface area (Å²) in [4.78, 5) is 43.9. The quantitative estimate of drug-likeness (QED) is 0.0399. The van der Waals surface area contributed by atoms with Crippen LogP contribution in [0.4, 0.5) is 4.79 Å². The third-order valence-corrected chi connectivity index (χ3v) is 18.6. The van der Waals surface area contributed by atoms with E-state index in [4.69, 9.17) is 27.6 Å². The Morgan fingerprint density at radius 3 is 2.06 bits per heavy atom. The second-order valence-corrected chi connectivity index (χ2v) is 22.5. The number of amides is 2. The number of carbonyl (C=O) groups is 3. The minimum absolute atomic E-state index is 0.0401. The Morgan fingerprint density at radius 2 is 1.57 bits per heavy atom. The van der Waals surface area contributed by atoms with E-state index >= 15 is 0 Å². The van der Waals surface area contributed by atoms with Crippen LogP contribution in [0.5, 0.6) is 17.2 Å². The highest BCUT2D eigenvalue weighted by atomic mass is 32.2. The zero-order valence-electron chi connectivity index (χ0n) is 33.8. The second kappa shape index (κ2) is 20.0. The van der Waals surface area contributed by atoms with Gasteiger partial charge in [0.05, 0.1) is 26.3 Å². The van der Waals surface area contributed by atoms with Crippen LogP contribution in [0.25, 0.3) is 0 Å². The smallest absolute Gasteiger partial charge is 0.407 e. The van der Waals surface area contributed by atoms with Gasteiger partial charge in [0.25, 0.3) is 0 Å². The summed E-state index contributed by atoms with van der Waals surface area (Å²) in [5.41, 5.74) is 1.13. The SMILES string of the molecule is C=CCOC(=O)NCc1noc(C(S)C(=O)NC(SCC)c2c(O[SiH](C)C(C)(C)C(C)C)c(O[SiH](C)C(C)(C)C(C)C)c(OC)c(C)c2C(=O)OC)n1. The summed E-state index contributed by atoms with van der Waals surface area (Å²) in [5.74, 6) is 1.17. The number of carbonyl (C=O) groups excluding carboxylic acids is 3. The van der Waals surface area contributed by atoms with Gasteiger partial charge in [-0.25, -0.2) is 9.59 Å². The van der Waals surface area contributed by atoms with Crippen LogP contribution in [0.3, 0.4) is 0 Å². The third kappa shape index (κ3) is 11.2. The molecule has 4 atom stereocenters. The number of nitrogens with one attached hydrogen (secondary N) is 2. The maximum atomic E-state index is 14.0. The molecule has 0 spiro atoms. The number of benzene rings is 1. The molecule has 1 heterocycles. The molecule has 0 saturated heterocycles. The Kier molecular flexibility index (Phi) is 17.3. The predicted molar refractivity (Wildman–Crippen MR) is 218 cm³/mol. The molecule has 0 aliphatic carbocycles. The van der Waals surface area contributed by atoms with Gasteiger partial charge >= 0.3 is 12.1 Å². The number of aromatic nitrogens is 2. The summed E-state index contributed by atoms with van der Waals surface area (Å²) in [6.07, 6.45) is 0.752. The van der Waals surface area contributed by atoms with Crippen molar-refractivity contribution in [1.29, 1.82) is 0 Å². The van der Waals surface area contributed by atoms with Gasteiger partial charge in [-0.1, -0.05) is 80.1 Å². The van der Waals surface area contributed by atoms with Crippen LogP contribution in [-0.2, 0) is 20.8 Å². The van der Waals surface area contributed by atoms with E-state index in [1.165, 1.54) is 24.9 Å². The first-order chi connectivity index (χ1) is 24.7. The van der Waals surface area contributed by atoms with E-state index < -0.39 is 46.7 Å². The van der Waals surface area contributed by atoms with Crippen LogP contribution in [-0.4, -0.2) is 72.8 Å². The standard InChI is InChI=1S/C36H60N4O9S2Si2/c1-16-18-46-34(43)37-19-23-38-31(47-40-23)29(50)30(41)39-32(51-17-2)25-24(33(42)45-13)22(7)26(44-12)28(49-53(15)36(10,11)21(5)6)27(25)48-52(14)35(8,9)20(3)4/h16,20-21,29,32,50,52-53H,1,17-19H2,2-15H3,(H,37,43)(H,39,41). The van der Waals surface area contributed by atoms with E-state index in [1.54, 1.807) is 14.0 Å². The average Bonchev–Trinajstić information content (AvgIpc) is 3.58. The number of methoxy groups -OCH3 is 2. The molecule has 0 bridgehead atoms. The van der Waals surface area contributed by atoms with Crippen LogP contribution >= 0.6 is 24.4 Å². The lowest BCUT2D eigenvalue weighted by molar-refractivity contribution is -0.121. The van der Waals surface area contributed by atoms with Gasteiger partial charge in [0, 0.05) is 11.1 Å². The number of thiol groups is 1. The fourth-order valence-electron chi connectivity index (χ4n) is 4.98. The zero-order chi connectivity index (χ0) is 40.4. The lowest BCUT2D eigenvalue weighted by Gasteiger charge is -2.39. The number of esters is 1.